The lowest BCUT2D eigenvalue weighted by atomic mass is 10.1. The van der Waals surface area contributed by atoms with Gasteiger partial charge in [-0.15, -0.1) is 0 Å². The van der Waals surface area contributed by atoms with Crippen molar-refractivity contribution in [3.63, 3.8) is 0 Å². The molecule has 4 heterocycles. The lowest BCUT2D eigenvalue weighted by Gasteiger charge is -2.14. The first-order valence-corrected chi connectivity index (χ1v) is 17.1. The first kappa shape index (κ1) is 38.4. The molecule has 264 valence electrons. The summed E-state index contributed by atoms with van der Waals surface area (Å²) >= 11 is 3.41. The molecule has 4 aromatic heterocycles. The van der Waals surface area contributed by atoms with Crippen molar-refractivity contribution in [1.82, 2.24) is 30.6 Å². The number of carbonyl (C=O) groups is 2. The van der Waals surface area contributed by atoms with Crippen LogP contribution in [0.25, 0.3) is 21.8 Å². The third-order valence-electron chi connectivity index (χ3n) is 7.35. The molecular weight excluding hydrogens is 708 g/mol. The van der Waals surface area contributed by atoms with E-state index in [4.69, 9.17) is 9.47 Å². The summed E-state index contributed by atoms with van der Waals surface area (Å²) in [6, 6.07) is 22.5. The number of carbonyl (C=O) groups excluding carboxylic acids is 2. The Labute approximate surface area is 307 Å². The van der Waals surface area contributed by atoms with Gasteiger partial charge in [-0.3, -0.25) is 19.6 Å². The Morgan fingerprint density at radius 1 is 0.647 bits per heavy atom. The summed E-state index contributed by atoms with van der Waals surface area (Å²) in [5.74, 6) is 1.12. The summed E-state index contributed by atoms with van der Waals surface area (Å²) in [6.07, 6.45) is 7.03. The Bertz CT molecular complexity index is 1970. The maximum atomic E-state index is 12.5. The van der Waals surface area contributed by atoms with E-state index in [-0.39, 0.29) is 31.4 Å². The number of ether oxygens (including phenoxy) is 2. The minimum atomic E-state index is -0.232. The molecule has 6 aromatic rings. The standard InChI is InChI=1S/C20H21N3O2.C19H18BrN3O2.CH4/c1-13(2)25-18-7-5-4-6-15(18)12-22-20(24)17-9-8-16-11-21-10-14(3)19(16)23-17;1-12(2)25-17-6-4-3-5-13(17)10-22-19(24)16-8-7-14-9-21-11-15(20)18(14)23-16;/h4-11,13H,12H2,1-3H3,(H,22,24);3-9,11-12H,10H2,1-2H3,(H,22,24);1H4. The molecule has 0 radical (unpaired) electrons. The van der Waals surface area contributed by atoms with Crippen molar-refractivity contribution in [1.29, 1.82) is 0 Å². The van der Waals surface area contributed by atoms with Gasteiger partial charge in [0.15, 0.2) is 0 Å². The van der Waals surface area contributed by atoms with Crippen molar-refractivity contribution in [3.8, 4) is 11.5 Å². The average molecular weight is 752 g/mol. The molecule has 0 fully saturated rings. The van der Waals surface area contributed by atoms with Crippen LogP contribution in [0, 0.1) is 6.92 Å². The number of aryl methyl sites for hydroxylation is 1. The van der Waals surface area contributed by atoms with Crippen molar-refractivity contribution in [2.24, 2.45) is 0 Å². The van der Waals surface area contributed by atoms with E-state index in [0.717, 1.165) is 49.0 Å². The molecule has 0 atom stereocenters. The van der Waals surface area contributed by atoms with Gasteiger partial charge in [0.05, 0.1) is 27.7 Å². The number of nitrogens with one attached hydrogen (secondary N) is 2. The maximum absolute atomic E-state index is 12.5. The van der Waals surface area contributed by atoms with Gasteiger partial charge in [-0.2, -0.15) is 0 Å². The quantitative estimate of drug-likeness (QED) is 0.143. The van der Waals surface area contributed by atoms with E-state index in [1.54, 1.807) is 36.9 Å². The molecule has 6 rings (SSSR count). The fraction of sp³-hybridized carbons (Fsp3) is 0.250. The van der Waals surface area contributed by atoms with E-state index in [9.17, 15) is 9.59 Å². The molecule has 2 amide bonds. The van der Waals surface area contributed by atoms with E-state index in [1.807, 2.05) is 95.3 Å². The molecule has 11 heteroatoms. The van der Waals surface area contributed by atoms with Crippen LogP contribution in [0.2, 0.25) is 0 Å². The molecule has 0 aliphatic carbocycles. The Balaban J connectivity index is 0.000000224. The van der Waals surface area contributed by atoms with E-state index < -0.39 is 0 Å². The minimum absolute atomic E-state index is 0. The predicted octanol–water partition coefficient (Wildman–Crippen LogP) is 8.40. The highest BCUT2D eigenvalue weighted by Crippen LogP contribution is 2.23. The van der Waals surface area contributed by atoms with E-state index >= 15 is 0 Å². The second-order valence-electron chi connectivity index (χ2n) is 12.0. The van der Waals surface area contributed by atoms with Crippen molar-refractivity contribution < 1.29 is 19.1 Å². The van der Waals surface area contributed by atoms with Crippen LogP contribution < -0.4 is 20.1 Å². The number of halogens is 1. The molecule has 0 aliphatic heterocycles. The van der Waals surface area contributed by atoms with Gasteiger partial charge in [0.25, 0.3) is 11.8 Å². The number of hydrogen-bond donors (Lipinski definition) is 2. The molecule has 0 bridgehead atoms. The maximum Gasteiger partial charge on any atom is 0.270 e. The SMILES string of the molecule is C.CC(C)Oc1ccccc1CNC(=O)c1ccc2cncc(Br)c2n1.Cc1cncc2ccc(C(=O)NCc3ccccc3OC(C)C)nc12. The Morgan fingerprint density at radius 2 is 1.10 bits per heavy atom. The monoisotopic (exact) mass is 750 g/mol. The first-order valence-electron chi connectivity index (χ1n) is 16.3. The lowest BCUT2D eigenvalue weighted by molar-refractivity contribution is 0.0937. The lowest BCUT2D eigenvalue weighted by Crippen LogP contribution is -2.24. The fourth-order valence-corrected chi connectivity index (χ4v) is 5.45. The molecule has 0 saturated carbocycles. The molecule has 0 saturated heterocycles. The largest absolute Gasteiger partial charge is 0.491 e. The zero-order valence-corrected chi connectivity index (χ0v) is 30.2. The highest BCUT2D eigenvalue weighted by Gasteiger charge is 2.13. The Morgan fingerprint density at radius 3 is 1.61 bits per heavy atom. The Hall–Kier alpha value is -5.42. The summed E-state index contributed by atoms with van der Waals surface area (Å²) in [7, 11) is 0. The summed E-state index contributed by atoms with van der Waals surface area (Å²) in [5.41, 5.74) is 5.08. The molecule has 51 heavy (non-hydrogen) atoms. The van der Waals surface area contributed by atoms with E-state index in [0.29, 0.717) is 30.0 Å². The van der Waals surface area contributed by atoms with E-state index in [1.165, 1.54) is 0 Å². The number of benzene rings is 2. The van der Waals surface area contributed by atoms with Crippen molar-refractivity contribution in [2.45, 2.75) is 67.3 Å². The van der Waals surface area contributed by atoms with Crippen molar-refractivity contribution >= 4 is 49.6 Å². The van der Waals surface area contributed by atoms with E-state index in [2.05, 4.69) is 46.5 Å². The molecular formula is C40H43BrN6O4. The second-order valence-corrected chi connectivity index (χ2v) is 12.9. The summed E-state index contributed by atoms with van der Waals surface area (Å²) < 4.78 is 12.3. The number of nitrogens with zero attached hydrogens (tertiary/aromatic N) is 4. The smallest absolute Gasteiger partial charge is 0.270 e. The summed E-state index contributed by atoms with van der Waals surface area (Å²) in [4.78, 5) is 42.1. The molecule has 10 nitrogen and oxygen atoms in total. The zero-order chi connectivity index (χ0) is 35.6. The second kappa shape index (κ2) is 18.0. The first-order chi connectivity index (χ1) is 24.1. The van der Waals surface area contributed by atoms with Gasteiger partial charge >= 0.3 is 0 Å². The number of hydrogen-bond acceptors (Lipinski definition) is 8. The van der Waals surface area contributed by atoms with Crippen LogP contribution in [-0.4, -0.2) is 44.0 Å². The van der Waals surface area contributed by atoms with Gasteiger partial charge in [-0.25, -0.2) is 9.97 Å². The number of fused-ring (bicyclic) bond motifs is 2. The highest BCUT2D eigenvalue weighted by molar-refractivity contribution is 9.10. The summed E-state index contributed by atoms with van der Waals surface area (Å²) in [6.45, 7) is 10.6. The van der Waals surface area contributed by atoms with Gasteiger partial charge in [-0.1, -0.05) is 43.8 Å². The molecule has 2 aromatic carbocycles. The number of amides is 2. The third kappa shape index (κ3) is 10.3. The zero-order valence-electron chi connectivity index (χ0n) is 28.6. The van der Waals surface area contributed by atoms with Crippen molar-refractivity contribution in [3.05, 3.63) is 130 Å². The normalized spacial score (nSPS) is 10.7. The number of aromatic nitrogens is 4. The van der Waals surface area contributed by atoms with Crippen LogP contribution in [0.5, 0.6) is 11.5 Å². The number of pyridine rings is 4. The van der Waals surface area contributed by atoms with Crippen LogP contribution in [0.4, 0.5) is 0 Å². The predicted molar refractivity (Wildman–Crippen MR) is 205 cm³/mol. The highest BCUT2D eigenvalue weighted by atomic mass is 79.9. The minimum Gasteiger partial charge on any atom is -0.491 e. The van der Waals surface area contributed by atoms with Crippen LogP contribution >= 0.6 is 15.9 Å². The van der Waals surface area contributed by atoms with Gasteiger partial charge in [0, 0.05) is 59.8 Å². The number of para-hydroxylation sites is 2. The molecule has 0 spiro atoms. The topological polar surface area (TPSA) is 128 Å². The molecule has 0 unspecified atom stereocenters. The van der Waals surface area contributed by atoms with Crippen molar-refractivity contribution in [2.75, 3.05) is 0 Å². The van der Waals surface area contributed by atoms with Gasteiger partial charge in [-0.05, 0) is 92.5 Å². The van der Waals surface area contributed by atoms with Gasteiger partial charge < -0.3 is 20.1 Å². The summed E-state index contributed by atoms with van der Waals surface area (Å²) in [5, 5.41) is 7.62. The average Bonchev–Trinajstić information content (AvgIpc) is 3.10. The van der Waals surface area contributed by atoms with Crippen LogP contribution in [0.1, 0.15) is 72.8 Å². The third-order valence-corrected chi connectivity index (χ3v) is 7.93. The molecule has 0 aliphatic rings. The fourth-order valence-electron chi connectivity index (χ4n) is 5.01. The van der Waals surface area contributed by atoms with Gasteiger partial charge in [0.2, 0.25) is 0 Å². The van der Waals surface area contributed by atoms with Crippen LogP contribution in [-0.2, 0) is 13.1 Å². The Kier molecular flexibility index (Phi) is 13.5. The number of rotatable bonds is 10. The van der Waals surface area contributed by atoms with Crippen LogP contribution in [0.3, 0.4) is 0 Å². The van der Waals surface area contributed by atoms with Gasteiger partial charge in [0.1, 0.15) is 22.9 Å². The van der Waals surface area contributed by atoms with Crippen LogP contribution in [0.15, 0.2) is 102 Å². The molecule has 2 N–H and O–H groups in total.